The van der Waals surface area contributed by atoms with Crippen molar-refractivity contribution in [2.24, 2.45) is 5.92 Å². The van der Waals surface area contributed by atoms with Gasteiger partial charge in [-0.25, -0.2) is 21.6 Å². The van der Waals surface area contributed by atoms with Crippen LogP contribution in [0.5, 0.6) is 5.75 Å². The summed E-state index contributed by atoms with van der Waals surface area (Å²) in [5.41, 5.74) is 1.92. The summed E-state index contributed by atoms with van der Waals surface area (Å²) < 4.78 is 80.9. The monoisotopic (exact) mass is 555 g/mol. The number of anilines is 3. The average molecular weight is 556 g/mol. The van der Waals surface area contributed by atoms with Crippen molar-refractivity contribution in [3.8, 4) is 17.6 Å². The number of alkyl halides is 2. The minimum Gasteiger partial charge on any atom is -0.495 e. The lowest BCUT2D eigenvalue weighted by Gasteiger charge is -2.31. The van der Waals surface area contributed by atoms with E-state index in [1.165, 1.54) is 43.7 Å². The van der Waals surface area contributed by atoms with Gasteiger partial charge in [-0.2, -0.15) is 0 Å². The Balaban J connectivity index is 1.48. The van der Waals surface area contributed by atoms with Crippen molar-refractivity contribution in [2.75, 3.05) is 16.7 Å². The number of halogens is 3. The van der Waals surface area contributed by atoms with Crippen molar-refractivity contribution in [3.05, 3.63) is 78.0 Å². The van der Waals surface area contributed by atoms with Crippen LogP contribution in [0.3, 0.4) is 0 Å². The number of hydrogen-bond donors (Lipinski definition) is 1. The Hall–Kier alpha value is -4.17. The zero-order chi connectivity index (χ0) is 27.8. The van der Waals surface area contributed by atoms with E-state index < -0.39 is 27.7 Å². The Kier molecular flexibility index (Phi) is 6.91. The molecule has 202 valence electrons. The van der Waals surface area contributed by atoms with Gasteiger partial charge in [-0.05, 0) is 42.7 Å². The van der Waals surface area contributed by atoms with Gasteiger partial charge in [0.1, 0.15) is 17.8 Å². The summed E-state index contributed by atoms with van der Waals surface area (Å²) in [5, 5.41) is 3.57. The van der Waals surface area contributed by atoms with E-state index in [9.17, 15) is 17.2 Å². The van der Waals surface area contributed by atoms with E-state index in [0.29, 0.717) is 35.5 Å². The lowest BCUT2D eigenvalue weighted by molar-refractivity contribution is -0.0440. The van der Waals surface area contributed by atoms with E-state index in [4.69, 9.17) is 4.74 Å². The summed E-state index contributed by atoms with van der Waals surface area (Å²) in [4.78, 5) is 1.62. The second-order valence-electron chi connectivity index (χ2n) is 9.29. The molecule has 2 aromatic carbocycles. The number of hydrogen-bond acceptors (Lipinski definition) is 6. The summed E-state index contributed by atoms with van der Waals surface area (Å²) in [6, 6.07) is 8.49. The molecule has 0 spiro atoms. The van der Waals surface area contributed by atoms with Gasteiger partial charge in [0, 0.05) is 42.7 Å². The molecule has 0 amide bonds. The van der Waals surface area contributed by atoms with E-state index in [2.05, 4.69) is 32.8 Å². The topological polar surface area (TPSA) is 84.7 Å². The summed E-state index contributed by atoms with van der Waals surface area (Å²) in [7, 11) is -2.53. The highest BCUT2D eigenvalue weighted by molar-refractivity contribution is 7.92. The number of aromatic nitrogens is 1. The van der Waals surface area contributed by atoms with Gasteiger partial charge in [0.05, 0.1) is 28.9 Å². The molecule has 0 radical (unpaired) electrons. The molecule has 2 heterocycles. The molecule has 1 aliphatic heterocycles. The Morgan fingerprint density at radius 3 is 2.74 bits per heavy atom. The van der Waals surface area contributed by atoms with Crippen LogP contribution in [0.1, 0.15) is 36.8 Å². The molecule has 1 atom stereocenters. The number of nitrogens with zero attached hydrogens (tertiary/aromatic N) is 2. The number of benzene rings is 2. The van der Waals surface area contributed by atoms with E-state index in [1.807, 2.05) is 0 Å². The van der Waals surface area contributed by atoms with Crippen molar-refractivity contribution < 1.29 is 30.8 Å². The average Bonchev–Trinajstić information content (AvgIpc) is 3.39. The SMILES string of the molecule is C=C1C=Cc2cc(S(=O)(=O)Nc3ccon3)ccc2N1c1cc(F)c(C#C[C@H]2CCCC(F)(F)C2)cc1OC. The smallest absolute Gasteiger partial charge is 0.263 e. The zero-order valence-corrected chi connectivity index (χ0v) is 21.7. The maximum atomic E-state index is 15.2. The number of ether oxygens (including phenoxy) is 1. The van der Waals surface area contributed by atoms with Gasteiger partial charge in [0.2, 0.25) is 5.92 Å². The largest absolute Gasteiger partial charge is 0.495 e. The Bertz CT molecular complexity index is 1620. The highest BCUT2D eigenvalue weighted by atomic mass is 32.2. The lowest BCUT2D eigenvalue weighted by atomic mass is 9.87. The van der Waals surface area contributed by atoms with Gasteiger partial charge in [0.15, 0.2) is 5.82 Å². The van der Waals surface area contributed by atoms with Crippen LogP contribution in [-0.4, -0.2) is 26.6 Å². The zero-order valence-electron chi connectivity index (χ0n) is 20.9. The molecule has 1 aliphatic carbocycles. The third-order valence-electron chi connectivity index (χ3n) is 6.53. The molecule has 1 saturated carbocycles. The molecule has 0 saturated heterocycles. The Labute approximate surface area is 224 Å². The van der Waals surface area contributed by atoms with Gasteiger partial charge >= 0.3 is 0 Å². The van der Waals surface area contributed by atoms with Gasteiger partial charge < -0.3 is 14.2 Å². The van der Waals surface area contributed by atoms with Crippen LogP contribution >= 0.6 is 0 Å². The highest BCUT2D eigenvalue weighted by Crippen LogP contribution is 2.43. The fourth-order valence-corrected chi connectivity index (χ4v) is 5.68. The van der Waals surface area contributed by atoms with Crippen LogP contribution in [0, 0.1) is 23.6 Å². The fourth-order valence-electron chi connectivity index (χ4n) is 4.65. The maximum Gasteiger partial charge on any atom is 0.263 e. The maximum absolute atomic E-state index is 15.2. The number of rotatable bonds is 5. The number of allylic oxidation sites excluding steroid dienone is 1. The molecule has 5 rings (SSSR count). The predicted molar refractivity (Wildman–Crippen MR) is 141 cm³/mol. The fraction of sp³-hybridized carbons (Fsp3) is 0.250. The lowest BCUT2D eigenvalue weighted by Crippen LogP contribution is -2.25. The van der Waals surface area contributed by atoms with Crippen molar-refractivity contribution in [3.63, 3.8) is 0 Å². The quantitative estimate of drug-likeness (QED) is 0.363. The predicted octanol–water partition coefficient (Wildman–Crippen LogP) is 6.48. The van der Waals surface area contributed by atoms with Crippen LogP contribution < -0.4 is 14.4 Å². The first-order valence-corrected chi connectivity index (χ1v) is 13.6. The molecule has 0 bridgehead atoms. The molecular formula is C28H24F3N3O4S. The summed E-state index contributed by atoms with van der Waals surface area (Å²) in [6.07, 6.45) is 5.05. The molecule has 1 fully saturated rings. The van der Waals surface area contributed by atoms with Gasteiger partial charge in [-0.15, -0.1) is 0 Å². The van der Waals surface area contributed by atoms with Crippen molar-refractivity contribution in [1.82, 2.24) is 5.16 Å². The third-order valence-corrected chi connectivity index (χ3v) is 7.88. The molecule has 11 heteroatoms. The summed E-state index contributed by atoms with van der Waals surface area (Å²) >= 11 is 0. The van der Waals surface area contributed by atoms with E-state index in [0.717, 1.165) is 0 Å². The number of sulfonamides is 1. The molecule has 1 aromatic heterocycles. The van der Waals surface area contributed by atoms with Gasteiger partial charge in [-0.3, -0.25) is 4.72 Å². The minimum absolute atomic E-state index is 0.0154. The van der Waals surface area contributed by atoms with Gasteiger partial charge in [-0.1, -0.05) is 29.7 Å². The molecule has 39 heavy (non-hydrogen) atoms. The second-order valence-corrected chi connectivity index (χ2v) is 11.0. The highest BCUT2D eigenvalue weighted by Gasteiger charge is 2.35. The van der Waals surface area contributed by atoms with E-state index in [1.54, 1.807) is 23.1 Å². The Morgan fingerprint density at radius 2 is 2.03 bits per heavy atom. The standard InChI is InChI=1S/C28H24F3N3O4S/c1-18-5-7-21-14-22(39(35,36)33-27-11-13-38-32-27)9-10-24(21)34(18)25-16-23(29)20(15-26(25)37-2)8-6-19-4-3-12-28(30,31)17-19/h5,7,9-11,13-16,19H,1,3-4,12,17H2,2H3,(H,32,33)/t19-/m1/s1. The van der Waals surface area contributed by atoms with Crippen molar-refractivity contribution in [2.45, 2.75) is 36.5 Å². The number of methoxy groups -OCH3 is 1. The number of fused-ring (bicyclic) bond motifs is 1. The second kappa shape index (κ2) is 10.2. The van der Waals surface area contributed by atoms with Crippen LogP contribution in [0.4, 0.5) is 30.4 Å². The van der Waals surface area contributed by atoms with Crippen molar-refractivity contribution >= 4 is 33.3 Å². The third kappa shape index (κ3) is 5.52. The van der Waals surface area contributed by atoms with Gasteiger partial charge in [0.25, 0.3) is 10.0 Å². The van der Waals surface area contributed by atoms with Crippen LogP contribution in [0.15, 0.2) is 70.4 Å². The Morgan fingerprint density at radius 1 is 1.21 bits per heavy atom. The molecule has 0 unspecified atom stereocenters. The first-order valence-electron chi connectivity index (χ1n) is 12.1. The molecule has 3 aromatic rings. The van der Waals surface area contributed by atoms with Crippen LogP contribution in [-0.2, 0) is 10.0 Å². The number of nitrogens with one attached hydrogen (secondary N) is 1. The first kappa shape index (κ1) is 26.4. The van der Waals surface area contributed by atoms with Crippen LogP contribution in [0.2, 0.25) is 0 Å². The molecule has 1 N–H and O–H groups in total. The van der Waals surface area contributed by atoms with Crippen molar-refractivity contribution in [1.29, 1.82) is 0 Å². The summed E-state index contributed by atoms with van der Waals surface area (Å²) in [5.74, 6) is 1.93. The van der Waals surface area contributed by atoms with E-state index >= 15 is 4.39 Å². The van der Waals surface area contributed by atoms with E-state index in [-0.39, 0.29) is 34.9 Å². The molecule has 7 nitrogen and oxygen atoms in total. The summed E-state index contributed by atoms with van der Waals surface area (Å²) in [6.45, 7) is 4.04. The molecule has 2 aliphatic rings. The normalized spacial score (nSPS) is 18.2. The first-order chi connectivity index (χ1) is 18.6. The van der Waals surface area contributed by atoms with Crippen LogP contribution in [0.25, 0.3) is 6.08 Å². The molecular weight excluding hydrogens is 531 g/mol. The minimum atomic E-state index is -3.95.